The quantitative estimate of drug-likeness (QED) is 0.827. The van der Waals surface area contributed by atoms with Gasteiger partial charge in [-0.1, -0.05) is 30.7 Å². The van der Waals surface area contributed by atoms with Gasteiger partial charge in [0.2, 0.25) is 0 Å². The van der Waals surface area contributed by atoms with Crippen LogP contribution < -0.4 is 5.32 Å². The highest BCUT2D eigenvalue weighted by molar-refractivity contribution is 6.34. The molecule has 0 aliphatic rings. The molecule has 104 valence electrons. The van der Waals surface area contributed by atoms with Gasteiger partial charge in [-0.15, -0.1) is 0 Å². The number of nitrogens with one attached hydrogen (secondary N) is 1. The average Bonchev–Trinajstić information content (AvgIpc) is 2.84. The summed E-state index contributed by atoms with van der Waals surface area (Å²) in [5.41, 5.74) is 0.749. The minimum absolute atomic E-state index is 0.0726. The highest BCUT2D eigenvalue weighted by atomic mass is 35.5. The van der Waals surface area contributed by atoms with Crippen LogP contribution in [0.5, 0.6) is 0 Å². The third kappa shape index (κ3) is 3.50. The largest absolute Gasteiger partial charge is 0.458 e. The van der Waals surface area contributed by atoms with Crippen LogP contribution >= 0.6 is 11.6 Å². The monoisotopic (exact) mass is 281 g/mol. The highest BCUT2D eigenvalue weighted by Gasteiger charge is 2.16. The molecule has 0 spiro atoms. The van der Waals surface area contributed by atoms with E-state index in [0.717, 1.165) is 29.7 Å². The molecule has 1 aromatic carbocycles. The summed E-state index contributed by atoms with van der Waals surface area (Å²) >= 11 is 6.14. The van der Waals surface area contributed by atoms with Crippen LogP contribution in [0.1, 0.15) is 32.1 Å². The van der Waals surface area contributed by atoms with Gasteiger partial charge in [-0.05, 0) is 32.0 Å². The first kappa shape index (κ1) is 14.4. The van der Waals surface area contributed by atoms with E-state index in [1.807, 2.05) is 31.2 Å². The van der Waals surface area contributed by atoms with Crippen molar-refractivity contribution in [1.29, 1.82) is 0 Å². The maximum Gasteiger partial charge on any atom is 0.152 e. The summed E-state index contributed by atoms with van der Waals surface area (Å²) in [4.78, 5) is 0. The van der Waals surface area contributed by atoms with Gasteiger partial charge in [-0.3, -0.25) is 0 Å². The maximum absolute atomic E-state index is 6.14. The van der Waals surface area contributed by atoms with Crippen LogP contribution in [0.4, 0.5) is 0 Å². The van der Waals surface area contributed by atoms with Gasteiger partial charge in [0.25, 0.3) is 0 Å². The molecule has 0 saturated heterocycles. The smallest absolute Gasteiger partial charge is 0.152 e. The summed E-state index contributed by atoms with van der Waals surface area (Å²) in [5, 5.41) is 5.12. The molecule has 1 unspecified atom stereocenters. The third-order valence-electron chi connectivity index (χ3n) is 2.99. The lowest BCUT2D eigenvalue weighted by Crippen LogP contribution is -2.26. The Labute approximate surface area is 118 Å². The summed E-state index contributed by atoms with van der Waals surface area (Å²) in [6, 6.07) is 7.89. The van der Waals surface area contributed by atoms with Gasteiger partial charge in [-0.25, -0.2) is 0 Å². The summed E-state index contributed by atoms with van der Waals surface area (Å²) < 4.78 is 11.4. The normalized spacial score (nSPS) is 13.0. The Bertz CT molecular complexity index is 516. The fourth-order valence-electron chi connectivity index (χ4n) is 2.02. The zero-order valence-electron chi connectivity index (χ0n) is 11.4. The first-order valence-corrected chi connectivity index (χ1v) is 7.13. The Morgan fingerprint density at radius 1 is 1.37 bits per heavy atom. The highest BCUT2D eigenvalue weighted by Crippen LogP contribution is 2.29. The van der Waals surface area contributed by atoms with Gasteiger partial charge in [-0.2, -0.15) is 0 Å². The first-order chi connectivity index (χ1) is 9.26. The van der Waals surface area contributed by atoms with E-state index in [1.54, 1.807) is 0 Å². The van der Waals surface area contributed by atoms with Crippen molar-refractivity contribution in [3.05, 3.63) is 35.0 Å². The second-order valence-corrected chi connectivity index (χ2v) is 4.88. The molecule has 0 aliphatic carbocycles. The van der Waals surface area contributed by atoms with Crippen LogP contribution in [0.15, 0.2) is 28.7 Å². The minimum Gasteiger partial charge on any atom is -0.458 e. The van der Waals surface area contributed by atoms with Gasteiger partial charge in [0.15, 0.2) is 5.58 Å². The lowest BCUT2D eigenvalue weighted by molar-refractivity contribution is 0.116. The van der Waals surface area contributed by atoms with Gasteiger partial charge >= 0.3 is 0 Å². The molecule has 0 aliphatic heterocycles. The minimum atomic E-state index is 0.0726. The van der Waals surface area contributed by atoms with Crippen LogP contribution in [-0.2, 0) is 4.74 Å². The van der Waals surface area contributed by atoms with Crippen molar-refractivity contribution < 1.29 is 9.15 Å². The van der Waals surface area contributed by atoms with E-state index < -0.39 is 0 Å². The molecule has 2 rings (SSSR count). The van der Waals surface area contributed by atoms with Crippen molar-refractivity contribution in [1.82, 2.24) is 5.32 Å². The second-order valence-electron chi connectivity index (χ2n) is 4.47. The van der Waals surface area contributed by atoms with Crippen LogP contribution in [0.2, 0.25) is 5.02 Å². The van der Waals surface area contributed by atoms with Gasteiger partial charge in [0.1, 0.15) is 5.76 Å². The molecule has 0 radical (unpaired) electrons. The average molecular weight is 282 g/mol. The summed E-state index contributed by atoms with van der Waals surface area (Å²) in [6.07, 6.45) is 1.07. The Hall–Kier alpha value is -1.03. The molecule has 0 saturated carbocycles. The van der Waals surface area contributed by atoms with Crippen LogP contribution in [0.3, 0.4) is 0 Å². The number of ether oxygens (including phenoxy) is 1. The van der Waals surface area contributed by atoms with E-state index in [2.05, 4.69) is 12.2 Å². The zero-order valence-corrected chi connectivity index (χ0v) is 12.2. The molecule has 1 atom stereocenters. The molecular weight excluding hydrogens is 262 g/mol. The van der Waals surface area contributed by atoms with Gasteiger partial charge < -0.3 is 14.5 Å². The van der Waals surface area contributed by atoms with Crippen molar-refractivity contribution in [2.75, 3.05) is 19.8 Å². The van der Waals surface area contributed by atoms with Crippen LogP contribution in [0, 0.1) is 0 Å². The number of halogens is 1. The van der Waals surface area contributed by atoms with Crippen molar-refractivity contribution in [2.24, 2.45) is 0 Å². The lowest BCUT2D eigenvalue weighted by Gasteiger charge is -2.15. The van der Waals surface area contributed by atoms with Crippen LogP contribution in [0.25, 0.3) is 11.0 Å². The molecule has 19 heavy (non-hydrogen) atoms. The molecule has 1 heterocycles. The van der Waals surface area contributed by atoms with Crippen LogP contribution in [-0.4, -0.2) is 19.8 Å². The molecule has 2 aromatic rings. The van der Waals surface area contributed by atoms with Crippen molar-refractivity contribution in [3.8, 4) is 0 Å². The molecule has 0 bridgehead atoms. The van der Waals surface area contributed by atoms with Crippen molar-refractivity contribution in [3.63, 3.8) is 0 Å². The van der Waals surface area contributed by atoms with E-state index in [9.17, 15) is 0 Å². The Kier molecular flexibility index (Phi) is 5.25. The molecule has 1 aromatic heterocycles. The predicted octanol–water partition coefficient (Wildman–Crippen LogP) is 4.16. The summed E-state index contributed by atoms with van der Waals surface area (Å²) in [7, 11) is 0. The number of rotatable bonds is 7. The number of hydrogen-bond donors (Lipinski definition) is 1. The van der Waals surface area contributed by atoms with E-state index >= 15 is 0 Å². The molecule has 0 fully saturated rings. The number of furan rings is 1. The van der Waals surface area contributed by atoms with Gasteiger partial charge in [0.05, 0.1) is 17.7 Å². The SMILES string of the molecule is CCCNC(COCC)c1cc2cccc(Cl)c2o1. The number of para-hydroxylation sites is 1. The molecule has 3 nitrogen and oxygen atoms in total. The van der Waals surface area contributed by atoms with E-state index in [1.165, 1.54) is 0 Å². The third-order valence-corrected chi connectivity index (χ3v) is 3.29. The molecule has 1 N–H and O–H groups in total. The Morgan fingerprint density at radius 3 is 2.89 bits per heavy atom. The van der Waals surface area contributed by atoms with E-state index in [0.29, 0.717) is 18.2 Å². The molecule has 4 heteroatoms. The number of hydrogen-bond acceptors (Lipinski definition) is 3. The van der Waals surface area contributed by atoms with E-state index in [-0.39, 0.29) is 6.04 Å². The van der Waals surface area contributed by atoms with Crippen molar-refractivity contribution in [2.45, 2.75) is 26.3 Å². The topological polar surface area (TPSA) is 34.4 Å². The number of fused-ring (bicyclic) bond motifs is 1. The molecular formula is C15H20ClNO2. The Morgan fingerprint density at radius 2 is 2.21 bits per heavy atom. The van der Waals surface area contributed by atoms with Crippen molar-refractivity contribution >= 4 is 22.6 Å². The maximum atomic E-state index is 6.14. The van der Waals surface area contributed by atoms with E-state index in [4.69, 9.17) is 20.8 Å². The summed E-state index contributed by atoms with van der Waals surface area (Å²) in [6.45, 7) is 6.37. The fourth-order valence-corrected chi connectivity index (χ4v) is 2.24. The van der Waals surface area contributed by atoms with Gasteiger partial charge in [0, 0.05) is 12.0 Å². The Balaban J connectivity index is 2.24. The summed E-state index contributed by atoms with van der Waals surface area (Å²) in [5.74, 6) is 0.880. The predicted molar refractivity (Wildman–Crippen MR) is 78.8 cm³/mol. The zero-order chi connectivity index (χ0) is 13.7. The lowest BCUT2D eigenvalue weighted by atomic mass is 10.2. The standard InChI is InChI=1S/C15H20ClNO2/c1-3-8-17-13(10-18-4-2)14-9-11-6-5-7-12(16)15(11)19-14/h5-7,9,13,17H,3-4,8,10H2,1-2H3. The second kappa shape index (κ2) is 6.94. The molecule has 0 amide bonds. The first-order valence-electron chi connectivity index (χ1n) is 6.75. The fraction of sp³-hybridized carbons (Fsp3) is 0.467. The number of benzene rings is 1.